The molecule has 0 heterocycles. The van der Waals surface area contributed by atoms with Crippen LogP contribution in [0.5, 0.6) is 0 Å². The van der Waals surface area contributed by atoms with E-state index in [9.17, 15) is 43.2 Å². The van der Waals surface area contributed by atoms with Gasteiger partial charge in [-0.1, -0.05) is 271 Å². The fourth-order valence-corrected chi connectivity index (χ4v) is 12.2. The Morgan fingerprint density at radius 1 is 0.269 bits per heavy atom. The van der Waals surface area contributed by atoms with Crippen molar-refractivity contribution in [2.45, 2.75) is 354 Å². The van der Waals surface area contributed by atoms with Crippen LogP contribution < -0.4 is 0 Å². The van der Waals surface area contributed by atoms with Gasteiger partial charge in [0.25, 0.3) is 0 Å². The van der Waals surface area contributed by atoms with Gasteiger partial charge in [0.15, 0.2) is 12.2 Å². The van der Waals surface area contributed by atoms with Crippen LogP contribution >= 0.6 is 15.6 Å². The summed E-state index contributed by atoms with van der Waals surface area (Å²) >= 11 is 0. The minimum Gasteiger partial charge on any atom is -0.462 e. The van der Waals surface area contributed by atoms with Gasteiger partial charge < -0.3 is 33.8 Å². The number of allylic oxidation sites excluding steroid dienone is 20. The molecule has 0 spiro atoms. The lowest BCUT2D eigenvalue weighted by atomic mass is 10.1. The number of aliphatic hydroxyl groups excluding tert-OH is 1. The maximum Gasteiger partial charge on any atom is 0.472 e. The van der Waals surface area contributed by atoms with Gasteiger partial charge in [-0.2, -0.15) is 0 Å². The standard InChI is InChI=1S/C85H146O17P2/c1-5-9-13-17-21-25-29-33-37-39-43-46-50-54-58-62-66-70-83(88)96-76-81(102-85(90)72-68-64-60-56-52-48-44-40-38-34-30-26-22-18-14-10-6-2)78-100-104(93,94)98-74-79(86)73-97-103(91,92)99-77-80(101-84(89)71-67-63-59-55-51-47-42-36-32-28-24-20-16-12-8-4)75-95-82(87)69-65-61-57-53-49-45-41-35-31-27-23-19-15-11-7-3/h21-28,33-38,41-43,46,54,58,79-81,86H,5-20,29-32,39-40,44-45,47-53,55-57,59-78H2,1-4H3,(H,91,92)(H,93,94)/b25-21-,26-22-,27-23-,28-24-,37-33-,38-34-,41-35-,42-36-,46-43-,58-54-/t79?,80-,81-/m1/s1. The second-order valence-electron chi connectivity index (χ2n) is 27.0. The number of hydrogen-bond acceptors (Lipinski definition) is 15. The molecule has 0 fully saturated rings. The van der Waals surface area contributed by atoms with Crippen molar-refractivity contribution in [2.24, 2.45) is 0 Å². The van der Waals surface area contributed by atoms with E-state index in [-0.39, 0.29) is 25.7 Å². The molecule has 0 rings (SSSR count). The van der Waals surface area contributed by atoms with Crippen LogP contribution in [0.25, 0.3) is 0 Å². The van der Waals surface area contributed by atoms with Crippen LogP contribution in [0, 0.1) is 0 Å². The Kier molecular flexibility index (Phi) is 73.3. The number of esters is 4. The first-order valence-corrected chi connectivity index (χ1v) is 43.8. The number of hydrogen-bond donors (Lipinski definition) is 3. The van der Waals surface area contributed by atoms with Gasteiger partial charge in [0.05, 0.1) is 26.4 Å². The molecular weight excluding hydrogens is 1350 g/mol. The fourth-order valence-electron chi connectivity index (χ4n) is 10.6. The van der Waals surface area contributed by atoms with Gasteiger partial charge in [0.2, 0.25) is 0 Å². The highest BCUT2D eigenvalue weighted by Gasteiger charge is 2.30. The van der Waals surface area contributed by atoms with Crippen LogP contribution in [0.3, 0.4) is 0 Å². The van der Waals surface area contributed by atoms with Crippen molar-refractivity contribution in [1.29, 1.82) is 0 Å². The van der Waals surface area contributed by atoms with Crippen molar-refractivity contribution in [3.05, 3.63) is 122 Å². The van der Waals surface area contributed by atoms with E-state index in [0.717, 1.165) is 173 Å². The van der Waals surface area contributed by atoms with Gasteiger partial charge in [0.1, 0.15) is 19.3 Å². The summed E-state index contributed by atoms with van der Waals surface area (Å²) in [5, 5.41) is 10.6. The van der Waals surface area contributed by atoms with Crippen molar-refractivity contribution in [2.75, 3.05) is 39.6 Å². The molecule has 3 unspecified atom stereocenters. The number of phosphoric ester groups is 2. The molecule has 0 aliphatic rings. The highest BCUT2D eigenvalue weighted by molar-refractivity contribution is 7.47. The molecule has 3 N–H and O–H groups in total. The summed E-state index contributed by atoms with van der Waals surface area (Å²) in [6.45, 7) is 4.69. The Morgan fingerprint density at radius 3 is 0.760 bits per heavy atom. The van der Waals surface area contributed by atoms with Crippen LogP contribution in [0.1, 0.15) is 336 Å². The quantitative estimate of drug-likeness (QED) is 0.0169. The van der Waals surface area contributed by atoms with Crippen molar-refractivity contribution in [1.82, 2.24) is 0 Å². The normalized spacial score (nSPS) is 14.5. The number of carbonyl (C=O) groups is 4. The summed E-state index contributed by atoms with van der Waals surface area (Å²) in [4.78, 5) is 73.1. The van der Waals surface area contributed by atoms with E-state index in [2.05, 4.69) is 137 Å². The molecule has 19 heteroatoms. The minimum absolute atomic E-state index is 0.0721. The maximum absolute atomic E-state index is 13.1. The number of rotatable bonds is 76. The van der Waals surface area contributed by atoms with Crippen molar-refractivity contribution < 1.29 is 80.2 Å². The van der Waals surface area contributed by atoms with Crippen LogP contribution in [0.15, 0.2) is 122 Å². The van der Waals surface area contributed by atoms with Crippen LogP contribution in [0.4, 0.5) is 0 Å². The average molecular weight is 1500 g/mol. The first kappa shape index (κ1) is 99.5. The number of unbranched alkanes of at least 4 members (excludes halogenated alkanes) is 30. The van der Waals surface area contributed by atoms with E-state index in [0.29, 0.717) is 32.1 Å². The fraction of sp³-hybridized carbons (Fsp3) is 0.718. The lowest BCUT2D eigenvalue weighted by Crippen LogP contribution is -2.30. The summed E-state index contributed by atoms with van der Waals surface area (Å²) in [5.74, 6) is -2.27. The molecule has 0 aromatic heterocycles. The molecule has 0 aromatic carbocycles. The molecule has 0 amide bonds. The van der Waals surface area contributed by atoms with Gasteiger partial charge in [-0.05, 0) is 161 Å². The Morgan fingerprint density at radius 2 is 0.481 bits per heavy atom. The highest BCUT2D eigenvalue weighted by Crippen LogP contribution is 2.45. The topological polar surface area (TPSA) is 237 Å². The summed E-state index contributed by atoms with van der Waals surface area (Å²) < 4.78 is 68.6. The predicted molar refractivity (Wildman–Crippen MR) is 427 cm³/mol. The predicted octanol–water partition coefficient (Wildman–Crippen LogP) is 23.9. The second kappa shape index (κ2) is 76.6. The van der Waals surface area contributed by atoms with Gasteiger partial charge in [-0.15, -0.1) is 0 Å². The Bertz CT molecular complexity index is 2440. The van der Waals surface area contributed by atoms with E-state index in [1.165, 1.54) is 77.0 Å². The molecule has 0 aliphatic heterocycles. The van der Waals surface area contributed by atoms with Crippen LogP contribution in [-0.4, -0.2) is 96.7 Å². The molecule has 0 radical (unpaired) electrons. The van der Waals surface area contributed by atoms with Gasteiger partial charge >= 0.3 is 39.5 Å². The lowest BCUT2D eigenvalue weighted by Gasteiger charge is -2.21. The van der Waals surface area contributed by atoms with E-state index in [1.54, 1.807) is 0 Å². The second-order valence-corrected chi connectivity index (χ2v) is 29.9. The number of ether oxygens (including phenoxy) is 4. The Labute approximate surface area is 632 Å². The Balaban J connectivity index is 5.44. The molecular formula is C85H146O17P2. The number of phosphoric acid groups is 2. The molecule has 5 atom stereocenters. The smallest absolute Gasteiger partial charge is 0.462 e. The average Bonchev–Trinajstić information content (AvgIpc) is 0.926. The monoisotopic (exact) mass is 1500 g/mol. The molecule has 17 nitrogen and oxygen atoms in total. The zero-order chi connectivity index (χ0) is 76.0. The van der Waals surface area contributed by atoms with E-state index in [4.69, 9.17) is 37.0 Å². The van der Waals surface area contributed by atoms with Gasteiger partial charge in [-0.3, -0.25) is 37.3 Å². The largest absolute Gasteiger partial charge is 0.472 e. The molecule has 598 valence electrons. The number of carbonyl (C=O) groups excluding carboxylic acids is 4. The molecule has 0 saturated carbocycles. The Hall–Kier alpha value is -4.54. The molecule has 0 aromatic rings. The third-order valence-corrected chi connectivity index (χ3v) is 18.8. The lowest BCUT2D eigenvalue weighted by molar-refractivity contribution is -0.161. The van der Waals surface area contributed by atoms with E-state index in [1.807, 2.05) is 12.2 Å². The first-order valence-electron chi connectivity index (χ1n) is 40.8. The molecule has 0 bridgehead atoms. The molecule has 104 heavy (non-hydrogen) atoms. The molecule has 0 saturated heterocycles. The van der Waals surface area contributed by atoms with Crippen molar-refractivity contribution in [3.8, 4) is 0 Å². The van der Waals surface area contributed by atoms with Gasteiger partial charge in [0, 0.05) is 25.7 Å². The van der Waals surface area contributed by atoms with Gasteiger partial charge in [-0.25, -0.2) is 9.13 Å². The third-order valence-electron chi connectivity index (χ3n) is 16.9. The minimum atomic E-state index is -5.00. The van der Waals surface area contributed by atoms with E-state index >= 15 is 0 Å². The highest BCUT2D eigenvalue weighted by atomic mass is 31.2. The third kappa shape index (κ3) is 75.7. The summed E-state index contributed by atoms with van der Waals surface area (Å²) in [5.41, 5.74) is 0. The maximum atomic E-state index is 13.1. The summed E-state index contributed by atoms with van der Waals surface area (Å²) in [6, 6.07) is 0. The summed E-state index contributed by atoms with van der Waals surface area (Å²) in [7, 11) is -9.99. The first-order chi connectivity index (χ1) is 50.7. The molecule has 0 aliphatic carbocycles. The van der Waals surface area contributed by atoms with Crippen molar-refractivity contribution >= 4 is 39.5 Å². The van der Waals surface area contributed by atoms with Crippen molar-refractivity contribution in [3.63, 3.8) is 0 Å². The van der Waals surface area contributed by atoms with E-state index < -0.39 is 97.5 Å². The zero-order valence-electron chi connectivity index (χ0n) is 65.4. The van der Waals surface area contributed by atoms with Crippen LogP contribution in [-0.2, 0) is 65.4 Å². The number of aliphatic hydroxyl groups is 1. The zero-order valence-corrected chi connectivity index (χ0v) is 67.2. The SMILES string of the molecule is CCCCC/C=C\C/C=C\C/C=C\C/C=C\CCCC(=O)OC[C@H](COP(=O)(O)OCC(O)COP(=O)(O)OC[C@@H](COC(=O)CCCCCCC/C=C\C/C=C\CCCCC)OC(=O)CCCCCCC/C=C\C/C=C\CCCCC)OC(=O)CCCCCCCCC/C=C\C/C=C\CCCCC. The summed E-state index contributed by atoms with van der Waals surface area (Å²) in [6.07, 6.45) is 84.5. The van der Waals surface area contributed by atoms with Crippen LogP contribution in [0.2, 0.25) is 0 Å².